The van der Waals surface area contributed by atoms with Gasteiger partial charge in [-0.25, -0.2) is 4.39 Å². The van der Waals surface area contributed by atoms with Crippen LogP contribution in [0.3, 0.4) is 0 Å². The molecule has 0 spiro atoms. The van der Waals surface area contributed by atoms with Crippen molar-refractivity contribution in [3.05, 3.63) is 60.2 Å². The highest BCUT2D eigenvalue weighted by molar-refractivity contribution is 5.97. The fourth-order valence-electron chi connectivity index (χ4n) is 2.80. The summed E-state index contributed by atoms with van der Waals surface area (Å²) in [5, 5.41) is 0. The summed E-state index contributed by atoms with van der Waals surface area (Å²) in [6.45, 7) is 1.73. The van der Waals surface area contributed by atoms with Gasteiger partial charge in [0.1, 0.15) is 5.82 Å². The molecule has 1 aliphatic heterocycles. The smallest absolute Gasteiger partial charge is 0.166 e. The summed E-state index contributed by atoms with van der Waals surface area (Å²) in [4.78, 5) is 18.7. The summed E-state index contributed by atoms with van der Waals surface area (Å²) in [6.07, 6.45) is 5.23. The summed E-state index contributed by atoms with van der Waals surface area (Å²) in [5.41, 5.74) is 1.76. The van der Waals surface area contributed by atoms with Gasteiger partial charge in [-0.05, 0) is 49.2 Å². The van der Waals surface area contributed by atoms with Crippen LogP contribution in [0, 0.1) is 11.7 Å². The van der Waals surface area contributed by atoms with Gasteiger partial charge in [0.2, 0.25) is 0 Å². The Kier molecular flexibility index (Phi) is 3.95. The lowest BCUT2D eigenvalue weighted by molar-refractivity contribution is 0.0900. The second-order valence-corrected chi connectivity index (χ2v) is 5.34. The van der Waals surface area contributed by atoms with Crippen LogP contribution in [0.25, 0.3) is 0 Å². The Morgan fingerprint density at radius 2 is 1.67 bits per heavy atom. The molecule has 3 rings (SSSR count). The number of carbonyl (C=O) groups is 1. The van der Waals surface area contributed by atoms with Gasteiger partial charge in [0, 0.05) is 42.7 Å². The van der Waals surface area contributed by atoms with Gasteiger partial charge in [-0.3, -0.25) is 9.78 Å². The van der Waals surface area contributed by atoms with E-state index in [1.165, 1.54) is 12.1 Å². The zero-order valence-electron chi connectivity index (χ0n) is 11.7. The number of carbonyl (C=O) groups excluding carboxylic acids is 1. The zero-order valence-corrected chi connectivity index (χ0v) is 11.7. The molecule has 2 heterocycles. The lowest BCUT2D eigenvalue weighted by atomic mass is 9.89. The lowest BCUT2D eigenvalue weighted by Crippen LogP contribution is -2.36. The largest absolute Gasteiger partial charge is 0.371 e. The maximum absolute atomic E-state index is 12.9. The van der Waals surface area contributed by atoms with Crippen LogP contribution in [0.5, 0.6) is 0 Å². The molecule has 0 amide bonds. The molecule has 0 saturated carbocycles. The SMILES string of the molecule is O=C(c1ccc(F)cc1)C1CCN(c2ccncc2)CC1. The van der Waals surface area contributed by atoms with E-state index in [1.54, 1.807) is 24.5 Å². The van der Waals surface area contributed by atoms with Crippen LogP contribution in [-0.4, -0.2) is 23.9 Å². The number of aromatic nitrogens is 1. The quantitative estimate of drug-likeness (QED) is 0.811. The summed E-state index contributed by atoms with van der Waals surface area (Å²) >= 11 is 0. The molecule has 1 aliphatic rings. The van der Waals surface area contributed by atoms with Crippen LogP contribution in [0.4, 0.5) is 10.1 Å². The zero-order chi connectivity index (χ0) is 14.7. The number of rotatable bonds is 3. The number of pyridine rings is 1. The number of piperidine rings is 1. The standard InChI is InChI=1S/C17H17FN2O/c18-15-3-1-13(2-4-15)17(21)14-7-11-20(12-8-14)16-5-9-19-10-6-16/h1-6,9-10,14H,7-8,11-12H2. The van der Waals surface area contributed by atoms with Crippen molar-refractivity contribution >= 4 is 11.5 Å². The molecule has 3 nitrogen and oxygen atoms in total. The van der Waals surface area contributed by atoms with Crippen LogP contribution < -0.4 is 4.90 Å². The van der Waals surface area contributed by atoms with E-state index in [0.29, 0.717) is 5.56 Å². The van der Waals surface area contributed by atoms with Crippen molar-refractivity contribution < 1.29 is 9.18 Å². The highest BCUT2D eigenvalue weighted by Crippen LogP contribution is 2.25. The third-order valence-electron chi connectivity index (χ3n) is 4.02. The summed E-state index contributed by atoms with van der Waals surface area (Å²) < 4.78 is 12.9. The van der Waals surface area contributed by atoms with Crippen LogP contribution in [0.15, 0.2) is 48.8 Å². The Balaban J connectivity index is 1.63. The molecule has 0 aliphatic carbocycles. The molecule has 2 aromatic rings. The number of ketones is 1. The summed E-state index contributed by atoms with van der Waals surface area (Å²) in [6, 6.07) is 9.82. The average molecular weight is 284 g/mol. The molecule has 4 heteroatoms. The number of hydrogen-bond acceptors (Lipinski definition) is 3. The number of nitrogens with zero attached hydrogens (tertiary/aromatic N) is 2. The third-order valence-corrected chi connectivity index (χ3v) is 4.02. The molecule has 0 unspecified atom stereocenters. The van der Waals surface area contributed by atoms with Crippen molar-refractivity contribution in [2.45, 2.75) is 12.8 Å². The minimum absolute atomic E-state index is 0.0357. The molecule has 1 fully saturated rings. The van der Waals surface area contributed by atoms with Gasteiger partial charge in [0.05, 0.1) is 0 Å². The first kappa shape index (κ1) is 13.7. The molecular weight excluding hydrogens is 267 g/mol. The maximum atomic E-state index is 12.9. The third kappa shape index (κ3) is 3.10. The minimum Gasteiger partial charge on any atom is -0.371 e. The van der Waals surface area contributed by atoms with Gasteiger partial charge in [0.15, 0.2) is 5.78 Å². The second kappa shape index (κ2) is 6.04. The van der Waals surface area contributed by atoms with Gasteiger partial charge >= 0.3 is 0 Å². The Morgan fingerprint density at radius 3 is 2.29 bits per heavy atom. The normalized spacial score (nSPS) is 16.0. The van der Waals surface area contributed by atoms with Gasteiger partial charge in [-0.1, -0.05) is 0 Å². The molecule has 0 atom stereocenters. The van der Waals surface area contributed by atoms with Crippen molar-refractivity contribution in [1.82, 2.24) is 4.98 Å². The van der Waals surface area contributed by atoms with Gasteiger partial charge < -0.3 is 4.90 Å². The Bertz CT molecular complexity index is 604. The molecule has 0 N–H and O–H groups in total. The van der Waals surface area contributed by atoms with Crippen molar-refractivity contribution in [3.8, 4) is 0 Å². The monoisotopic (exact) mass is 284 g/mol. The van der Waals surface area contributed by atoms with Crippen molar-refractivity contribution in [3.63, 3.8) is 0 Å². The highest BCUT2D eigenvalue weighted by atomic mass is 19.1. The molecule has 0 bridgehead atoms. The highest BCUT2D eigenvalue weighted by Gasteiger charge is 2.25. The maximum Gasteiger partial charge on any atom is 0.166 e. The van der Waals surface area contributed by atoms with Gasteiger partial charge in [-0.15, -0.1) is 0 Å². The number of hydrogen-bond donors (Lipinski definition) is 0. The first-order valence-electron chi connectivity index (χ1n) is 7.19. The molecular formula is C17H17FN2O. The van der Waals surface area contributed by atoms with Crippen LogP contribution >= 0.6 is 0 Å². The fourth-order valence-corrected chi connectivity index (χ4v) is 2.80. The van der Waals surface area contributed by atoms with Crippen molar-refractivity contribution in [1.29, 1.82) is 0 Å². The van der Waals surface area contributed by atoms with Crippen molar-refractivity contribution in [2.75, 3.05) is 18.0 Å². The Morgan fingerprint density at radius 1 is 1.05 bits per heavy atom. The van der Waals surface area contributed by atoms with Crippen LogP contribution in [0.2, 0.25) is 0 Å². The van der Waals surface area contributed by atoms with Crippen molar-refractivity contribution in [2.24, 2.45) is 5.92 Å². The molecule has 0 radical (unpaired) electrons. The number of anilines is 1. The Labute approximate surface area is 123 Å². The molecule has 108 valence electrons. The predicted molar refractivity (Wildman–Crippen MR) is 79.9 cm³/mol. The summed E-state index contributed by atoms with van der Waals surface area (Å²) in [5.74, 6) is -0.142. The minimum atomic E-state index is -0.306. The Hall–Kier alpha value is -2.23. The molecule has 1 aromatic carbocycles. The van der Waals surface area contributed by atoms with E-state index in [4.69, 9.17) is 0 Å². The topological polar surface area (TPSA) is 33.2 Å². The van der Waals surface area contributed by atoms with Gasteiger partial charge in [0.25, 0.3) is 0 Å². The second-order valence-electron chi connectivity index (χ2n) is 5.34. The average Bonchev–Trinajstić information content (AvgIpc) is 2.56. The van der Waals surface area contributed by atoms with E-state index < -0.39 is 0 Å². The number of Topliss-reactive ketones (excluding diaryl/α,β-unsaturated/α-hetero) is 1. The molecule has 21 heavy (non-hydrogen) atoms. The van der Waals surface area contributed by atoms with E-state index in [1.807, 2.05) is 12.1 Å². The van der Waals surface area contributed by atoms with Gasteiger partial charge in [-0.2, -0.15) is 0 Å². The van der Waals surface area contributed by atoms with E-state index in [0.717, 1.165) is 31.6 Å². The van der Waals surface area contributed by atoms with E-state index in [2.05, 4.69) is 9.88 Å². The number of benzene rings is 1. The van der Waals surface area contributed by atoms with E-state index >= 15 is 0 Å². The molecule has 1 aromatic heterocycles. The first-order valence-corrected chi connectivity index (χ1v) is 7.19. The van der Waals surface area contributed by atoms with Crippen LogP contribution in [0.1, 0.15) is 23.2 Å². The number of halogens is 1. The fraction of sp³-hybridized carbons (Fsp3) is 0.294. The van der Waals surface area contributed by atoms with E-state index in [9.17, 15) is 9.18 Å². The summed E-state index contributed by atoms with van der Waals surface area (Å²) in [7, 11) is 0. The van der Waals surface area contributed by atoms with E-state index in [-0.39, 0.29) is 17.5 Å². The van der Waals surface area contributed by atoms with Crippen LogP contribution in [-0.2, 0) is 0 Å². The predicted octanol–water partition coefficient (Wildman–Crippen LogP) is 3.32. The lowest BCUT2D eigenvalue weighted by Gasteiger charge is -2.32. The first-order chi connectivity index (χ1) is 10.2. The molecule has 1 saturated heterocycles.